The molecule has 0 bridgehead atoms. The van der Waals surface area contributed by atoms with Gasteiger partial charge in [-0.05, 0) is 55.3 Å². The SMILES string of the molecule is COc1ccc(N(C(C)C(=O)NCCc2ccc(OC)c(OC)c2)S(C)(=O)=O)cc1. The van der Waals surface area contributed by atoms with Crippen molar-refractivity contribution in [2.45, 2.75) is 19.4 Å². The van der Waals surface area contributed by atoms with E-state index >= 15 is 0 Å². The average molecular weight is 437 g/mol. The van der Waals surface area contributed by atoms with Crippen LogP contribution in [0.3, 0.4) is 0 Å². The van der Waals surface area contributed by atoms with E-state index in [2.05, 4.69) is 5.32 Å². The Bertz CT molecular complexity index is 960. The quantitative estimate of drug-likeness (QED) is 0.614. The van der Waals surface area contributed by atoms with Crippen LogP contribution in [0.25, 0.3) is 0 Å². The van der Waals surface area contributed by atoms with Crippen LogP contribution in [-0.2, 0) is 21.2 Å². The topological polar surface area (TPSA) is 94.2 Å². The smallest absolute Gasteiger partial charge is 0.243 e. The number of rotatable bonds is 10. The van der Waals surface area contributed by atoms with E-state index in [0.717, 1.165) is 16.1 Å². The Morgan fingerprint density at radius 2 is 1.63 bits per heavy atom. The lowest BCUT2D eigenvalue weighted by atomic mass is 10.1. The highest BCUT2D eigenvalue weighted by Gasteiger charge is 2.28. The summed E-state index contributed by atoms with van der Waals surface area (Å²) in [6.45, 7) is 1.90. The Morgan fingerprint density at radius 1 is 1.00 bits per heavy atom. The van der Waals surface area contributed by atoms with E-state index in [0.29, 0.717) is 35.9 Å². The van der Waals surface area contributed by atoms with Gasteiger partial charge in [-0.15, -0.1) is 0 Å². The second-order valence-electron chi connectivity index (χ2n) is 6.66. The fraction of sp³-hybridized carbons (Fsp3) is 0.381. The molecule has 164 valence electrons. The van der Waals surface area contributed by atoms with Gasteiger partial charge >= 0.3 is 0 Å². The third kappa shape index (κ3) is 5.79. The molecule has 1 unspecified atom stereocenters. The number of hydrogen-bond acceptors (Lipinski definition) is 6. The lowest BCUT2D eigenvalue weighted by Crippen LogP contribution is -2.48. The summed E-state index contributed by atoms with van der Waals surface area (Å²) in [5.74, 6) is 1.44. The number of nitrogens with zero attached hydrogens (tertiary/aromatic N) is 1. The number of sulfonamides is 1. The molecule has 1 amide bonds. The van der Waals surface area contributed by atoms with Gasteiger partial charge in [0.2, 0.25) is 15.9 Å². The lowest BCUT2D eigenvalue weighted by Gasteiger charge is -2.28. The second kappa shape index (κ2) is 10.2. The number of amides is 1. The molecular weight excluding hydrogens is 408 g/mol. The number of nitrogens with one attached hydrogen (secondary N) is 1. The summed E-state index contributed by atoms with van der Waals surface area (Å²) in [5.41, 5.74) is 1.34. The first-order valence-electron chi connectivity index (χ1n) is 9.33. The van der Waals surface area contributed by atoms with Gasteiger partial charge < -0.3 is 19.5 Å². The number of anilines is 1. The van der Waals surface area contributed by atoms with Crippen molar-refractivity contribution in [1.29, 1.82) is 0 Å². The molecule has 0 heterocycles. The first-order valence-corrected chi connectivity index (χ1v) is 11.2. The van der Waals surface area contributed by atoms with Gasteiger partial charge in [0.1, 0.15) is 11.8 Å². The van der Waals surface area contributed by atoms with Crippen LogP contribution in [0.2, 0.25) is 0 Å². The molecule has 0 saturated heterocycles. The molecule has 30 heavy (non-hydrogen) atoms. The third-order valence-corrected chi connectivity index (χ3v) is 5.82. The number of ether oxygens (including phenoxy) is 3. The highest BCUT2D eigenvalue weighted by Crippen LogP contribution is 2.27. The molecule has 2 rings (SSSR count). The van der Waals surface area contributed by atoms with E-state index in [-0.39, 0.29) is 0 Å². The van der Waals surface area contributed by atoms with Crippen molar-refractivity contribution in [3.05, 3.63) is 48.0 Å². The van der Waals surface area contributed by atoms with Gasteiger partial charge in [0, 0.05) is 6.54 Å². The zero-order valence-corrected chi connectivity index (χ0v) is 18.7. The number of carbonyl (C=O) groups is 1. The molecular formula is C21H28N2O6S. The maximum Gasteiger partial charge on any atom is 0.243 e. The van der Waals surface area contributed by atoms with Crippen LogP contribution in [0.1, 0.15) is 12.5 Å². The molecule has 0 fully saturated rings. The zero-order chi connectivity index (χ0) is 22.3. The van der Waals surface area contributed by atoms with Gasteiger partial charge in [0.15, 0.2) is 11.5 Å². The van der Waals surface area contributed by atoms with E-state index in [9.17, 15) is 13.2 Å². The summed E-state index contributed by atoms with van der Waals surface area (Å²) in [6.07, 6.45) is 1.63. The number of methoxy groups -OCH3 is 3. The highest BCUT2D eigenvalue weighted by atomic mass is 32.2. The van der Waals surface area contributed by atoms with Crippen LogP contribution >= 0.6 is 0 Å². The normalized spacial score (nSPS) is 12.0. The minimum atomic E-state index is -3.67. The molecule has 0 aromatic heterocycles. The van der Waals surface area contributed by atoms with Crippen LogP contribution in [0.5, 0.6) is 17.2 Å². The first-order chi connectivity index (χ1) is 14.2. The molecule has 0 spiro atoms. The summed E-state index contributed by atoms with van der Waals surface area (Å²) in [6, 6.07) is 11.1. The number of benzene rings is 2. The standard InChI is InChI=1S/C21H28N2O6S/c1-15(23(30(5,25)26)17-7-9-18(27-2)10-8-17)21(24)22-13-12-16-6-11-19(28-3)20(14-16)29-4/h6-11,14-15H,12-13H2,1-5H3,(H,22,24). The monoisotopic (exact) mass is 436 g/mol. The Hall–Kier alpha value is -2.94. The van der Waals surface area contributed by atoms with Crippen LogP contribution < -0.4 is 23.8 Å². The Morgan fingerprint density at radius 3 is 2.17 bits per heavy atom. The Kier molecular flexibility index (Phi) is 7.93. The number of carbonyl (C=O) groups excluding carboxylic acids is 1. The molecule has 0 aliphatic carbocycles. The molecule has 9 heteroatoms. The summed E-state index contributed by atoms with van der Waals surface area (Å²) in [4.78, 5) is 12.7. The van der Waals surface area contributed by atoms with Crippen LogP contribution in [0.4, 0.5) is 5.69 Å². The van der Waals surface area contributed by atoms with Crippen molar-refractivity contribution < 1.29 is 27.4 Å². The third-order valence-electron chi connectivity index (χ3n) is 4.58. The highest BCUT2D eigenvalue weighted by molar-refractivity contribution is 7.92. The van der Waals surface area contributed by atoms with Crippen LogP contribution in [0.15, 0.2) is 42.5 Å². The molecule has 1 atom stereocenters. The molecule has 2 aromatic rings. The summed E-state index contributed by atoms with van der Waals surface area (Å²) < 4.78 is 41.4. The largest absolute Gasteiger partial charge is 0.497 e. The molecule has 0 aliphatic rings. The van der Waals surface area contributed by atoms with E-state index in [1.54, 1.807) is 51.5 Å². The van der Waals surface area contributed by atoms with Crippen molar-refractivity contribution in [2.75, 3.05) is 38.4 Å². The van der Waals surface area contributed by atoms with Crippen molar-refractivity contribution in [3.8, 4) is 17.2 Å². The minimum Gasteiger partial charge on any atom is -0.497 e. The second-order valence-corrected chi connectivity index (χ2v) is 8.52. The summed E-state index contributed by atoms with van der Waals surface area (Å²) in [5, 5.41) is 2.80. The summed E-state index contributed by atoms with van der Waals surface area (Å²) in [7, 11) is 0.976. The zero-order valence-electron chi connectivity index (χ0n) is 17.8. The maximum atomic E-state index is 12.7. The van der Waals surface area contributed by atoms with Crippen molar-refractivity contribution in [2.24, 2.45) is 0 Å². The van der Waals surface area contributed by atoms with Crippen LogP contribution in [0, 0.1) is 0 Å². The van der Waals surface area contributed by atoms with E-state index in [4.69, 9.17) is 14.2 Å². The molecule has 2 aromatic carbocycles. The fourth-order valence-corrected chi connectivity index (χ4v) is 4.23. The van der Waals surface area contributed by atoms with Crippen molar-refractivity contribution in [1.82, 2.24) is 5.32 Å². The lowest BCUT2D eigenvalue weighted by molar-refractivity contribution is -0.121. The average Bonchev–Trinajstić information content (AvgIpc) is 2.73. The molecule has 0 saturated carbocycles. The van der Waals surface area contributed by atoms with Crippen molar-refractivity contribution in [3.63, 3.8) is 0 Å². The maximum absolute atomic E-state index is 12.7. The Balaban J connectivity index is 2.06. The number of hydrogen-bond donors (Lipinski definition) is 1. The predicted molar refractivity (Wildman–Crippen MR) is 116 cm³/mol. The van der Waals surface area contributed by atoms with Crippen molar-refractivity contribution >= 4 is 21.6 Å². The predicted octanol–water partition coefficient (Wildman–Crippen LogP) is 2.23. The van der Waals surface area contributed by atoms with Gasteiger partial charge in [-0.1, -0.05) is 6.07 Å². The van der Waals surface area contributed by atoms with Gasteiger partial charge in [-0.2, -0.15) is 0 Å². The molecule has 1 N–H and O–H groups in total. The fourth-order valence-electron chi connectivity index (χ4n) is 3.05. The Labute approximate surface area is 177 Å². The van der Waals surface area contributed by atoms with Gasteiger partial charge in [-0.3, -0.25) is 9.10 Å². The minimum absolute atomic E-state index is 0.346. The molecule has 8 nitrogen and oxygen atoms in total. The van der Waals surface area contributed by atoms with Gasteiger partial charge in [0.25, 0.3) is 0 Å². The van der Waals surface area contributed by atoms with Crippen LogP contribution in [-0.4, -0.2) is 54.5 Å². The summed E-state index contributed by atoms with van der Waals surface area (Å²) >= 11 is 0. The molecule has 0 aliphatic heterocycles. The van der Waals surface area contributed by atoms with E-state index < -0.39 is 22.0 Å². The van der Waals surface area contributed by atoms with E-state index in [1.807, 2.05) is 12.1 Å². The van der Waals surface area contributed by atoms with Gasteiger partial charge in [-0.25, -0.2) is 8.42 Å². The van der Waals surface area contributed by atoms with E-state index in [1.165, 1.54) is 7.11 Å². The molecule has 0 radical (unpaired) electrons. The van der Waals surface area contributed by atoms with Gasteiger partial charge in [0.05, 0.1) is 33.3 Å². The first kappa shape index (κ1) is 23.3.